The lowest BCUT2D eigenvalue weighted by molar-refractivity contribution is 0.237. The minimum atomic E-state index is 0.340. The Morgan fingerprint density at radius 2 is 1.62 bits per heavy atom. The Hall–Kier alpha value is -1.51. The summed E-state index contributed by atoms with van der Waals surface area (Å²) < 4.78 is 0. The van der Waals surface area contributed by atoms with E-state index in [0.29, 0.717) is 12.1 Å². The quantitative estimate of drug-likeness (QED) is 0.842. The van der Waals surface area contributed by atoms with E-state index >= 15 is 0 Å². The Morgan fingerprint density at radius 3 is 2.24 bits per heavy atom. The van der Waals surface area contributed by atoms with Gasteiger partial charge in [-0.1, -0.05) is 55.0 Å². The summed E-state index contributed by atoms with van der Waals surface area (Å²) in [5, 5.41) is 0. The molecular weight excluding hydrogens is 258 g/mol. The number of aliphatic imine (C=N–C) groups is 1. The van der Waals surface area contributed by atoms with Gasteiger partial charge >= 0.3 is 0 Å². The van der Waals surface area contributed by atoms with Gasteiger partial charge in [0.05, 0.1) is 12.6 Å². The molecule has 1 atom stereocenters. The Labute approximate surface area is 128 Å². The van der Waals surface area contributed by atoms with Gasteiger partial charge < -0.3 is 10.6 Å². The predicted octanol–water partition coefficient (Wildman–Crippen LogP) is 3.70. The number of nitrogens with zero attached hydrogens (tertiary/aromatic N) is 2. The zero-order valence-corrected chi connectivity index (χ0v) is 13.3. The first-order valence-corrected chi connectivity index (χ1v) is 8.31. The second-order valence-electron chi connectivity index (χ2n) is 6.69. The van der Waals surface area contributed by atoms with Gasteiger partial charge in [0.1, 0.15) is 0 Å². The molecule has 1 aliphatic carbocycles. The molecule has 3 nitrogen and oxygen atoms in total. The molecule has 1 aromatic rings. The number of benzene rings is 1. The molecule has 0 aromatic heterocycles. The number of guanidine groups is 1. The Balaban J connectivity index is 1.87. The first kappa shape index (κ1) is 14.4. The van der Waals surface area contributed by atoms with Crippen LogP contribution in [-0.2, 0) is 0 Å². The molecule has 1 aromatic carbocycles. The van der Waals surface area contributed by atoms with E-state index in [4.69, 9.17) is 5.73 Å². The molecule has 0 radical (unpaired) electrons. The number of hydrogen-bond acceptors (Lipinski definition) is 3. The van der Waals surface area contributed by atoms with Crippen molar-refractivity contribution in [2.24, 2.45) is 10.7 Å². The molecule has 3 heteroatoms. The fourth-order valence-electron chi connectivity index (χ4n) is 3.96. The van der Waals surface area contributed by atoms with Gasteiger partial charge in [0.2, 0.25) is 0 Å². The molecule has 1 aliphatic heterocycles. The average Bonchev–Trinajstić information content (AvgIpc) is 2.65. The van der Waals surface area contributed by atoms with Crippen molar-refractivity contribution in [3.63, 3.8) is 0 Å². The van der Waals surface area contributed by atoms with Gasteiger partial charge in [-0.25, -0.2) is 0 Å². The first-order chi connectivity index (χ1) is 10.1. The molecule has 0 amide bonds. The van der Waals surface area contributed by atoms with Crippen molar-refractivity contribution in [1.29, 1.82) is 0 Å². The maximum Gasteiger partial charge on any atom is 0.192 e. The molecule has 2 aliphatic rings. The van der Waals surface area contributed by atoms with Gasteiger partial charge in [-0.3, -0.25) is 4.99 Å². The minimum absolute atomic E-state index is 0.340. The fourth-order valence-corrected chi connectivity index (χ4v) is 3.96. The van der Waals surface area contributed by atoms with Crippen molar-refractivity contribution in [1.82, 2.24) is 4.90 Å². The van der Waals surface area contributed by atoms with E-state index in [-0.39, 0.29) is 0 Å². The van der Waals surface area contributed by atoms with E-state index in [2.05, 4.69) is 41.9 Å². The van der Waals surface area contributed by atoms with Crippen molar-refractivity contribution in [2.75, 3.05) is 6.54 Å². The smallest absolute Gasteiger partial charge is 0.192 e. The molecule has 1 unspecified atom stereocenters. The van der Waals surface area contributed by atoms with Crippen LogP contribution in [-0.4, -0.2) is 23.4 Å². The van der Waals surface area contributed by atoms with E-state index in [1.807, 2.05) is 0 Å². The van der Waals surface area contributed by atoms with E-state index in [0.717, 1.165) is 12.5 Å². The maximum atomic E-state index is 6.24. The molecule has 21 heavy (non-hydrogen) atoms. The zero-order valence-electron chi connectivity index (χ0n) is 13.3. The largest absolute Gasteiger partial charge is 0.370 e. The van der Waals surface area contributed by atoms with Crippen LogP contribution in [0.25, 0.3) is 0 Å². The Morgan fingerprint density at radius 1 is 1.00 bits per heavy atom. The van der Waals surface area contributed by atoms with E-state index in [1.165, 1.54) is 55.2 Å². The standard InChI is InChI=1S/C18H27N3/c1-13-9-14(2)11-15(10-13)17-12-20-18(19)21(17)16-7-5-3-4-6-8-16/h9-11,16-17H,3-8,12H2,1-2H3,(H2,19,20). The third-order valence-electron chi connectivity index (χ3n) is 4.87. The lowest BCUT2D eigenvalue weighted by atomic mass is 9.98. The Kier molecular flexibility index (Phi) is 4.18. The summed E-state index contributed by atoms with van der Waals surface area (Å²) in [7, 11) is 0. The summed E-state index contributed by atoms with van der Waals surface area (Å²) in [5.74, 6) is 0.756. The van der Waals surface area contributed by atoms with Crippen LogP contribution in [0.5, 0.6) is 0 Å². The molecule has 1 saturated carbocycles. The third kappa shape index (κ3) is 3.07. The van der Waals surface area contributed by atoms with Crippen molar-refractivity contribution < 1.29 is 0 Å². The molecule has 1 fully saturated rings. The molecule has 3 rings (SSSR count). The van der Waals surface area contributed by atoms with Gasteiger partial charge in [0.25, 0.3) is 0 Å². The molecule has 0 bridgehead atoms. The van der Waals surface area contributed by atoms with Gasteiger partial charge in [-0.15, -0.1) is 0 Å². The highest BCUT2D eigenvalue weighted by molar-refractivity contribution is 5.80. The second kappa shape index (κ2) is 6.08. The lowest BCUT2D eigenvalue weighted by Crippen LogP contribution is -2.43. The average molecular weight is 285 g/mol. The highest BCUT2D eigenvalue weighted by atomic mass is 15.3. The highest BCUT2D eigenvalue weighted by Crippen LogP contribution is 2.33. The van der Waals surface area contributed by atoms with E-state index in [9.17, 15) is 0 Å². The van der Waals surface area contributed by atoms with Gasteiger partial charge in [-0.2, -0.15) is 0 Å². The minimum Gasteiger partial charge on any atom is -0.370 e. The second-order valence-corrected chi connectivity index (χ2v) is 6.69. The molecule has 0 spiro atoms. The predicted molar refractivity (Wildman–Crippen MR) is 88.5 cm³/mol. The summed E-state index contributed by atoms with van der Waals surface area (Å²) in [6.07, 6.45) is 7.92. The summed E-state index contributed by atoms with van der Waals surface area (Å²) in [6, 6.07) is 7.75. The van der Waals surface area contributed by atoms with Crippen molar-refractivity contribution >= 4 is 5.96 Å². The molecule has 0 saturated heterocycles. The van der Waals surface area contributed by atoms with Crippen molar-refractivity contribution in [3.05, 3.63) is 34.9 Å². The van der Waals surface area contributed by atoms with Crippen LogP contribution in [0.2, 0.25) is 0 Å². The fraction of sp³-hybridized carbons (Fsp3) is 0.611. The summed E-state index contributed by atoms with van der Waals surface area (Å²) in [6.45, 7) is 5.16. The van der Waals surface area contributed by atoms with Crippen LogP contribution in [0, 0.1) is 13.8 Å². The van der Waals surface area contributed by atoms with E-state index in [1.54, 1.807) is 0 Å². The highest BCUT2D eigenvalue weighted by Gasteiger charge is 2.33. The molecule has 2 N–H and O–H groups in total. The van der Waals surface area contributed by atoms with Crippen LogP contribution in [0.3, 0.4) is 0 Å². The van der Waals surface area contributed by atoms with Gasteiger partial charge in [0, 0.05) is 6.04 Å². The number of hydrogen-bond donors (Lipinski definition) is 1. The van der Waals surface area contributed by atoms with Crippen LogP contribution in [0.1, 0.15) is 61.3 Å². The zero-order chi connectivity index (χ0) is 14.8. The van der Waals surface area contributed by atoms with Crippen molar-refractivity contribution in [3.8, 4) is 0 Å². The maximum absolute atomic E-state index is 6.24. The molecular formula is C18H27N3. The normalized spacial score (nSPS) is 24.0. The SMILES string of the molecule is Cc1cc(C)cc(C2CN=C(N)N2C2CCCCCC2)c1. The van der Waals surface area contributed by atoms with Crippen LogP contribution in [0.15, 0.2) is 23.2 Å². The lowest BCUT2D eigenvalue weighted by Gasteiger charge is -2.34. The summed E-state index contributed by atoms with van der Waals surface area (Å²) in [5.41, 5.74) is 10.3. The van der Waals surface area contributed by atoms with Crippen LogP contribution in [0.4, 0.5) is 0 Å². The number of nitrogens with two attached hydrogens (primary N) is 1. The topological polar surface area (TPSA) is 41.6 Å². The summed E-state index contributed by atoms with van der Waals surface area (Å²) in [4.78, 5) is 6.98. The van der Waals surface area contributed by atoms with Crippen LogP contribution >= 0.6 is 0 Å². The van der Waals surface area contributed by atoms with E-state index < -0.39 is 0 Å². The van der Waals surface area contributed by atoms with Crippen LogP contribution < -0.4 is 5.73 Å². The first-order valence-electron chi connectivity index (χ1n) is 8.31. The molecule has 114 valence electrons. The van der Waals surface area contributed by atoms with Gasteiger partial charge in [0.15, 0.2) is 5.96 Å². The van der Waals surface area contributed by atoms with Crippen molar-refractivity contribution in [2.45, 2.75) is 64.5 Å². The Bertz CT molecular complexity index is 507. The molecule has 1 heterocycles. The summed E-state index contributed by atoms with van der Waals surface area (Å²) >= 11 is 0. The van der Waals surface area contributed by atoms with Gasteiger partial charge in [-0.05, 0) is 32.3 Å². The third-order valence-corrected chi connectivity index (χ3v) is 4.87. The number of aryl methyl sites for hydroxylation is 2. The monoisotopic (exact) mass is 285 g/mol. The number of rotatable bonds is 2.